The van der Waals surface area contributed by atoms with Gasteiger partial charge in [-0.15, -0.1) is 0 Å². The second-order valence-electron chi connectivity index (χ2n) is 3.32. The van der Waals surface area contributed by atoms with Gasteiger partial charge in [0.2, 0.25) is 0 Å². The number of alkyl halides is 3. The number of hydrogen-bond acceptors (Lipinski definition) is 3. The predicted octanol–water partition coefficient (Wildman–Crippen LogP) is 1.82. The molecule has 15 heavy (non-hydrogen) atoms. The summed E-state index contributed by atoms with van der Waals surface area (Å²) in [6.45, 7) is 1.61. The molecule has 0 unspecified atom stereocenters. The van der Waals surface area contributed by atoms with Crippen molar-refractivity contribution in [2.45, 2.75) is 12.6 Å². The highest BCUT2D eigenvalue weighted by Gasteiger charge is 2.30. The molecule has 0 bridgehead atoms. The molecule has 1 saturated heterocycles. The molecule has 1 aliphatic heterocycles. The largest absolute Gasteiger partial charge is 0.417 e. The van der Waals surface area contributed by atoms with Crippen molar-refractivity contribution in [3.8, 4) is 0 Å². The zero-order valence-electron chi connectivity index (χ0n) is 7.88. The fourth-order valence-electron chi connectivity index (χ4n) is 1.44. The first-order valence-electron chi connectivity index (χ1n) is 4.62. The van der Waals surface area contributed by atoms with Crippen LogP contribution in [0.1, 0.15) is 12.0 Å². The maximum atomic E-state index is 12.2. The Morgan fingerprint density at radius 1 is 1.33 bits per heavy atom. The Kier molecular flexibility index (Phi) is 2.52. The van der Waals surface area contributed by atoms with Crippen LogP contribution in [0, 0.1) is 0 Å². The molecule has 2 heterocycles. The standard InChI is InChI=1S/C9H10F3N3/c10-9(11,12)7-2-3-8(13-6-7)15-5-1-4-14-15/h2-3,6,14H,1,4-5H2. The molecule has 2 rings (SSSR count). The Balaban J connectivity index is 2.16. The second kappa shape index (κ2) is 3.69. The van der Waals surface area contributed by atoms with Crippen molar-refractivity contribution in [2.75, 3.05) is 18.1 Å². The van der Waals surface area contributed by atoms with E-state index in [9.17, 15) is 13.2 Å². The van der Waals surface area contributed by atoms with E-state index in [4.69, 9.17) is 0 Å². The van der Waals surface area contributed by atoms with Gasteiger partial charge in [0.25, 0.3) is 0 Å². The number of nitrogens with zero attached hydrogens (tertiary/aromatic N) is 2. The summed E-state index contributed by atoms with van der Waals surface area (Å²) in [5.74, 6) is 0.528. The quantitative estimate of drug-likeness (QED) is 0.777. The third kappa shape index (κ3) is 2.20. The van der Waals surface area contributed by atoms with Gasteiger partial charge < -0.3 is 0 Å². The molecule has 1 fully saturated rings. The minimum Gasteiger partial charge on any atom is -0.292 e. The zero-order valence-corrected chi connectivity index (χ0v) is 7.88. The molecule has 82 valence electrons. The number of hydrogen-bond donors (Lipinski definition) is 1. The minimum absolute atomic E-state index is 0.528. The van der Waals surface area contributed by atoms with Gasteiger partial charge in [0.15, 0.2) is 0 Å². The lowest BCUT2D eigenvalue weighted by Gasteiger charge is -2.16. The Labute approximate surface area is 84.9 Å². The average molecular weight is 217 g/mol. The first-order valence-corrected chi connectivity index (χ1v) is 4.62. The molecular weight excluding hydrogens is 207 g/mol. The summed E-state index contributed by atoms with van der Waals surface area (Å²) in [5, 5.41) is 1.75. The van der Waals surface area contributed by atoms with Crippen LogP contribution in [0.2, 0.25) is 0 Å². The molecule has 0 saturated carbocycles. The Bertz CT molecular complexity index is 327. The van der Waals surface area contributed by atoms with E-state index in [0.29, 0.717) is 5.82 Å². The van der Waals surface area contributed by atoms with Crippen molar-refractivity contribution in [3.63, 3.8) is 0 Å². The van der Waals surface area contributed by atoms with Crippen LogP contribution in [0.15, 0.2) is 18.3 Å². The van der Waals surface area contributed by atoms with Crippen molar-refractivity contribution in [1.82, 2.24) is 10.4 Å². The van der Waals surface area contributed by atoms with Crippen LogP contribution < -0.4 is 10.4 Å². The molecular formula is C9H10F3N3. The van der Waals surface area contributed by atoms with Crippen LogP contribution in [-0.4, -0.2) is 18.1 Å². The lowest BCUT2D eigenvalue weighted by atomic mass is 10.3. The van der Waals surface area contributed by atoms with Gasteiger partial charge in [-0.3, -0.25) is 5.01 Å². The molecule has 1 aromatic rings. The normalized spacial score (nSPS) is 17.1. The Morgan fingerprint density at radius 3 is 2.60 bits per heavy atom. The highest BCUT2D eigenvalue weighted by molar-refractivity contribution is 5.39. The van der Waals surface area contributed by atoms with Crippen molar-refractivity contribution in [2.24, 2.45) is 0 Å². The van der Waals surface area contributed by atoms with Gasteiger partial charge in [-0.05, 0) is 18.6 Å². The van der Waals surface area contributed by atoms with E-state index in [0.717, 1.165) is 31.8 Å². The van der Waals surface area contributed by atoms with Crippen molar-refractivity contribution in [1.29, 1.82) is 0 Å². The highest BCUT2D eigenvalue weighted by Crippen LogP contribution is 2.29. The van der Waals surface area contributed by atoms with Crippen LogP contribution in [0.4, 0.5) is 19.0 Å². The molecule has 0 atom stereocenters. The zero-order chi connectivity index (χ0) is 10.9. The number of hydrazine groups is 1. The number of rotatable bonds is 1. The SMILES string of the molecule is FC(F)(F)c1ccc(N2CCCN2)nc1. The molecule has 1 N–H and O–H groups in total. The summed E-state index contributed by atoms with van der Waals surface area (Å²) in [5.41, 5.74) is 2.30. The van der Waals surface area contributed by atoms with E-state index >= 15 is 0 Å². The van der Waals surface area contributed by atoms with Gasteiger partial charge >= 0.3 is 6.18 Å². The second-order valence-corrected chi connectivity index (χ2v) is 3.32. The number of anilines is 1. The number of nitrogens with one attached hydrogen (secondary N) is 1. The van der Waals surface area contributed by atoms with Crippen LogP contribution in [0.5, 0.6) is 0 Å². The van der Waals surface area contributed by atoms with Crippen molar-refractivity contribution in [3.05, 3.63) is 23.9 Å². The maximum Gasteiger partial charge on any atom is 0.417 e. The third-order valence-corrected chi connectivity index (χ3v) is 2.21. The summed E-state index contributed by atoms with van der Waals surface area (Å²) < 4.78 is 36.7. The molecule has 0 aliphatic carbocycles. The smallest absolute Gasteiger partial charge is 0.292 e. The Morgan fingerprint density at radius 2 is 2.13 bits per heavy atom. The topological polar surface area (TPSA) is 28.2 Å². The highest BCUT2D eigenvalue weighted by atomic mass is 19.4. The van der Waals surface area contributed by atoms with Crippen LogP contribution in [-0.2, 0) is 6.18 Å². The van der Waals surface area contributed by atoms with E-state index in [1.165, 1.54) is 6.07 Å². The number of aromatic nitrogens is 1. The predicted molar refractivity (Wildman–Crippen MR) is 49.2 cm³/mol. The summed E-state index contributed by atoms with van der Waals surface area (Å²) in [6.07, 6.45) is -2.48. The summed E-state index contributed by atoms with van der Waals surface area (Å²) >= 11 is 0. The fourth-order valence-corrected chi connectivity index (χ4v) is 1.44. The van der Waals surface area contributed by atoms with E-state index in [1.807, 2.05) is 0 Å². The lowest BCUT2D eigenvalue weighted by molar-refractivity contribution is -0.137. The lowest BCUT2D eigenvalue weighted by Crippen LogP contribution is -2.31. The first-order chi connectivity index (χ1) is 7.07. The van der Waals surface area contributed by atoms with Gasteiger partial charge in [-0.25, -0.2) is 10.4 Å². The van der Waals surface area contributed by atoms with Gasteiger partial charge in [0.05, 0.1) is 5.56 Å². The van der Waals surface area contributed by atoms with Gasteiger partial charge in [-0.1, -0.05) is 0 Å². The minimum atomic E-state index is -4.32. The Hall–Kier alpha value is -1.30. The van der Waals surface area contributed by atoms with Gasteiger partial charge in [0, 0.05) is 19.3 Å². The van der Waals surface area contributed by atoms with Crippen LogP contribution in [0.3, 0.4) is 0 Å². The average Bonchev–Trinajstić information content (AvgIpc) is 2.69. The molecule has 0 radical (unpaired) electrons. The molecule has 1 aromatic heterocycles. The van der Waals surface area contributed by atoms with Gasteiger partial charge in [0.1, 0.15) is 5.82 Å². The van der Waals surface area contributed by atoms with Crippen molar-refractivity contribution >= 4 is 5.82 Å². The fraction of sp³-hybridized carbons (Fsp3) is 0.444. The molecule has 6 heteroatoms. The summed E-state index contributed by atoms with van der Waals surface area (Å²) in [6, 6.07) is 2.42. The molecule has 1 aliphatic rings. The molecule has 0 amide bonds. The van der Waals surface area contributed by atoms with Crippen LogP contribution >= 0.6 is 0 Å². The van der Waals surface area contributed by atoms with E-state index in [1.54, 1.807) is 5.01 Å². The number of pyridine rings is 1. The first kappa shape index (κ1) is 10.2. The van der Waals surface area contributed by atoms with E-state index in [2.05, 4.69) is 10.4 Å². The summed E-state index contributed by atoms with van der Waals surface area (Å²) in [4.78, 5) is 3.77. The number of halogens is 3. The van der Waals surface area contributed by atoms with E-state index in [-0.39, 0.29) is 0 Å². The van der Waals surface area contributed by atoms with Crippen LogP contribution in [0.25, 0.3) is 0 Å². The van der Waals surface area contributed by atoms with Crippen molar-refractivity contribution < 1.29 is 13.2 Å². The maximum absolute atomic E-state index is 12.2. The monoisotopic (exact) mass is 217 g/mol. The molecule has 0 spiro atoms. The summed E-state index contributed by atoms with van der Waals surface area (Å²) in [7, 11) is 0. The van der Waals surface area contributed by atoms with Gasteiger partial charge in [-0.2, -0.15) is 13.2 Å². The third-order valence-electron chi connectivity index (χ3n) is 2.21. The molecule has 0 aromatic carbocycles. The molecule has 3 nitrogen and oxygen atoms in total. The van der Waals surface area contributed by atoms with E-state index < -0.39 is 11.7 Å².